The second kappa shape index (κ2) is 7.39. The maximum absolute atomic E-state index is 11.4. The maximum atomic E-state index is 11.4. The largest absolute Gasteiger partial charge is 0.481 e. The average molecular weight is 258 g/mol. The summed E-state index contributed by atoms with van der Waals surface area (Å²) in [5, 5.41) is 18.2. The fraction of sp³-hybridized carbons (Fsp3) is 0.857. The van der Waals surface area contributed by atoms with Crippen LogP contribution in [0.1, 0.15) is 59.8 Å². The van der Waals surface area contributed by atoms with Gasteiger partial charge in [0.25, 0.3) is 0 Å². The smallest absolute Gasteiger partial charge is 0.309 e. The molecule has 18 heavy (non-hydrogen) atoms. The molecule has 0 aliphatic carbocycles. The molecule has 0 rings (SSSR count). The third kappa shape index (κ3) is 5.07. The highest BCUT2D eigenvalue weighted by atomic mass is 16.4. The number of carboxylic acids is 2. The van der Waals surface area contributed by atoms with Crippen molar-refractivity contribution < 1.29 is 19.8 Å². The molecule has 0 spiro atoms. The fourth-order valence-electron chi connectivity index (χ4n) is 2.17. The molecule has 0 aromatic carbocycles. The lowest BCUT2D eigenvalue weighted by molar-refractivity contribution is -0.151. The van der Waals surface area contributed by atoms with E-state index in [2.05, 4.69) is 13.8 Å². The van der Waals surface area contributed by atoms with E-state index in [1.54, 1.807) is 13.8 Å². The predicted molar refractivity (Wildman–Crippen MR) is 70.5 cm³/mol. The van der Waals surface area contributed by atoms with Crippen LogP contribution in [0, 0.1) is 17.3 Å². The first-order chi connectivity index (χ1) is 8.26. The van der Waals surface area contributed by atoms with Crippen molar-refractivity contribution >= 4 is 11.9 Å². The van der Waals surface area contributed by atoms with E-state index in [0.717, 1.165) is 12.8 Å². The topological polar surface area (TPSA) is 74.6 Å². The molecule has 0 radical (unpaired) electrons. The van der Waals surface area contributed by atoms with Gasteiger partial charge in [-0.05, 0) is 32.1 Å². The van der Waals surface area contributed by atoms with Gasteiger partial charge < -0.3 is 10.2 Å². The standard InChI is InChI=1S/C14H26O4/c1-5-11(6-2)9-14(4,13(17)18)8-7-10(3)12(15)16/h10-11H,5-9H2,1-4H3,(H,15,16)(H,17,18). The highest BCUT2D eigenvalue weighted by Crippen LogP contribution is 2.35. The summed E-state index contributed by atoms with van der Waals surface area (Å²) in [6, 6.07) is 0. The Morgan fingerprint density at radius 2 is 1.67 bits per heavy atom. The Bertz CT molecular complexity index is 284. The van der Waals surface area contributed by atoms with Crippen LogP contribution < -0.4 is 0 Å². The van der Waals surface area contributed by atoms with Crippen molar-refractivity contribution in [2.24, 2.45) is 17.3 Å². The summed E-state index contributed by atoms with van der Waals surface area (Å²) in [6.07, 6.45) is 3.40. The molecule has 0 aromatic rings. The first-order valence-electron chi connectivity index (χ1n) is 6.73. The van der Waals surface area contributed by atoms with E-state index in [1.165, 1.54) is 0 Å². The molecule has 2 N–H and O–H groups in total. The second-order valence-electron chi connectivity index (χ2n) is 5.53. The molecule has 0 aliphatic rings. The first kappa shape index (κ1) is 16.9. The zero-order valence-electron chi connectivity index (χ0n) is 11.9. The molecule has 0 amide bonds. The van der Waals surface area contributed by atoms with E-state index in [1.807, 2.05) is 0 Å². The van der Waals surface area contributed by atoms with E-state index in [-0.39, 0.29) is 0 Å². The van der Waals surface area contributed by atoms with Gasteiger partial charge in [0.1, 0.15) is 0 Å². The third-order valence-corrected chi connectivity index (χ3v) is 3.96. The van der Waals surface area contributed by atoms with Gasteiger partial charge in [-0.3, -0.25) is 9.59 Å². The minimum atomic E-state index is -0.856. The fourth-order valence-corrected chi connectivity index (χ4v) is 2.17. The van der Waals surface area contributed by atoms with E-state index in [4.69, 9.17) is 5.11 Å². The molecule has 0 saturated carbocycles. The Balaban J connectivity index is 4.62. The van der Waals surface area contributed by atoms with Gasteiger partial charge in [0.05, 0.1) is 11.3 Å². The molecule has 0 heterocycles. The first-order valence-corrected chi connectivity index (χ1v) is 6.73. The van der Waals surface area contributed by atoms with E-state index in [0.29, 0.717) is 25.2 Å². The minimum Gasteiger partial charge on any atom is -0.481 e. The molecule has 0 aromatic heterocycles. The van der Waals surface area contributed by atoms with Gasteiger partial charge in [0.15, 0.2) is 0 Å². The summed E-state index contributed by atoms with van der Waals surface area (Å²) >= 11 is 0. The highest BCUT2D eigenvalue weighted by Gasteiger charge is 2.35. The lowest BCUT2D eigenvalue weighted by atomic mass is 9.75. The maximum Gasteiger partial charge on any atom is 0.309 e. The number of hydrogen-bond acceptors (Lipinski definition) is 2. The van der Waals surface area contributed by atoms with Crippen molar-refractivity contribution in [3.05, 3.63) is 0 Å². The number of carboxylic acid groups (broad SMARTS) is 2. The molecule has 106 valence electrons. The second-order valence-corrected chi connectivity index (χ2v) is 5.53. The van der Waals surface area contributed by atoms with Crippen LogP contribution in [0.5, 0.6) is 0 Å². The molecule has 2 unspecified atom stereocenters. The summed E-state index contributed by atoms with van der Waals surface area (Å²) in [5.41, 5.74) is -0.805. The number of rotatable bonds is 9. The van der Waals surface area contributed by atoms with E-state index < -0.39 is 23.3 Å². The van der Waals surface area contributed by atoms with Crippen LogP contribution in [0.3, 0.4) is 0 Å². The van der Waals surface area contributed by atoms with Crippen molar-refractivity contribution in [1.29, 1.82) is 0 Å². The molecule has 0 fully saturated rings. The van der Waals surface area contributed by atoms with Crippen LogP contribution >= 0.6 is 0 Å². The van der Waals surface area contributed by atoms with Gasteiger partial charge in [-0.2, -0.15) is 0 Å². The van der Waals surface area contributed by atoms with Crippen molar-refractivity contribution in [3.63, 3.8) is 0 Å². The van der Waals surface area contributed by atoms with Crippen molar-refractivity contribution in [2.75, 3.05) is 0 Å². The van der Waals surface area contributed by atoms with Crippen LogP contribution in [0.4, 0.5) is 0 Å². The van der Waals surface area contributed by atoms with Crippen LogP contribution in [0.15, 0.2) is 0 Å². The Morgan fingerprint density at radius 1 is 1.17 bits per heavy atom. The van der Waals surface area contributed by atoms with Crippen molar-refractivity contribution in [1.82, 2.24) is 0 Å². The molecular formula is C14H26O4. The quantitative estimate of drug-likeness (QED) is 0.664. The zero-order chi connectivity index (χ0) is 14.3. The Labute approximate surface area is 109 Å². The van der Waals surface area contributed by atoms with Crippen molar-refractivity contribution in [3.8, 4) is 0 Å². The van der Waals surface area contributed by atoms with Crippen molar-refractivity contribution in [2.45, 2.75) is 59.8 Å². The minimum absolute atomic E-state index is 0.395. The summed E-state index contributed by atoms with van der Waals surface area (Å²) in [4.78, 5) is 22.2. The molecule has 0 saturated heterocycles. The Hall–Kier alpha value is -1.06. The molecule has 0 aliphatic heterocycles. The van der Waals surface area contributed by atoms with Crippen LogP contribution in [0.25, 0.3) is 0 Å². The molecule has 0 bridgehead atoms. The molecule has 4 heteroatoms. The van der Waals surface area contributed by atoms with E-state index >= 15 is 0 Å². The van der Waals surface area contributed by atoms with Gasteiger partial charge >= 0.3 is 11.9 Å². The van der Waals surface area contributed by atoms with Gasteiger partial charge in [-0.15, -0.1) is 0 Å². The molecular weight excluding hydrogens is 232 g/mol. The zero-order valence-corrected chi connectivity index (χ0v) is 11.9. The lowest BCUT2D eigenvalue weighted by Crippen LogP contribution is -2.31. The van der Waals surface area contributed by atoms with Crippen LogP contribution in [-0.2, 0) is 9.59 Å². The Morgan fingerprint density at radius 3 is 2.00 bits per heavy atom. The summed E-state index contributed by atoms with van der Waals surface area (Å²) in [7, 11) is 0. The van der Waals surface area contributed by atoms with Gasteiger partial charge in [0, 0.05) is 0 Å². The SMILES string of the molecule is CCC(CC)CC(C)(CCC(C)C(=O)O)C(=O)O. The number of hydrogen-bond donors (Lipinski definition) is 2. The predicted octanol–water partition coefficient (Wildman–Crippen LogP) is 3.40. The van der Waals surface area contributed by atoms with Gasteiger partial charge in [0.2, 0.25) is 0 Å². The molecule has 2 atom stereocenters. The Kier molecular flexibility index (Phi) is 6.96. The van der Waals surface area contributed by atoms with Gasteiger partial charge in [-0.1, -0.05) is 33.6 Å². The van der Waals surface area contributed by atoms with Gasteiger partial charge in [-0.25, -0.2) is 0 Å². The number of carbonyl (C=O) groups is 2. The summed E-state index contributed by atoms with van der Waals surface area (Å²) in [6.45, 7) is 7.50. The van der Waals surface area contributed by atoms with Crippen LogP contribution in [0.2, 0.25) is 0 Å². The average Bonchev–Trinajstić information content (AvgIpc) is 2.32. The lowest BCUT2D eigenvalue weighted by Gasteiger charge is -2.29. The number of aliphatic carboxylic acids is 2. The highest BCUT2D eigenvalue weighted by molar-refractivity contribution is 5.74. The monoisotopic (exact) mass is 258 g/mol. The summed E-state index contributed by atoms with van der Waals surface area (Å²) < 4.78 is 0. The van der Waals surface area contributed by atoms with Crippen LogP contribution in [-0.4, -0.2) is 22.2 Å². The molecule has 4 nitrogen and oxygen atoms in total. The third-order valence-electron chi connectivity index (χ3n) is 3.96. The summed E-state index contributed by atoms with van der Waals surface area (Å²) in [5.74, 6) is -1.76. The normalized spacial score (nSPS) is 16.3. The van der Waals surface area contributed by atoms with E-state index in [9.17, 15) is 14.7 Å².